The summed E-state index contributed by atoms with van der Waals surface area (Å²) in [6.45, 7) is 2.96. The topological polar surface area (TPSA) is 50.4 Å². The lowest BCUT2D eigenvalue weighted by molar-refractivity contribution is -0.131. The van der Waals surface area contributed by atoms with Gasteiger partial charge in [-0.1, -0.05) is 18.2 Å². The minimum atomic E-state index is -0.981. The maximum atomic E-state index is 9.25. The predicted molar refractivity (Wildman–Crippen MR) is 41.6 cm³/mol. The van der Waals surface area contributed by atoms with E-state index in [0.717, 1.165) is 6.08 Å². The Bertz CT molecular complexity index is 216. The molecule has 0 aliphatic carbocycles. The van der Waals surface area contributed by atoms with Gasteiger partial charge in [-0.05, 0) is 6.07 Å². The summed E-state index contributed by atoms with van der Waals surface area (Å²) in [5.74, 6) is -0.981. The summed E-state index contributed by atoms with van der Waals surface area (Å²) < 4.78 is 4.58. The third kappa shape index (κ3) is 6.67. The van der Waals surface area contributed by atoms with Crippen molar-refractivity contribution in [3.63, 3.8) is 0 Å². The van der Waals surface area contributed by atoms with Crippen LogP contribution in [0.4, 0.5) is 0 Å². The molecule has 1 aromatic heterocycles. The van der Waals surface area contributed by atoms with Crippen LogP contribution in [0.2, 0.25) is 5.02 Å². The molecule has 0 saturated heterocycles. The normalized spacial score (nSPS) is 7.73. The molecule has 0 aliphatic rings. The van der Waals surface area contributed by atoms with E-state index in [9.17, 15) is 4.79 Å². The first-order chi connectivity index (χ1) is 5.16. The van der Waals surface area contributed by atoms with E-state index in [4.69, 9.17) is 16.7 Å². The van der Waals surface area contributed by atoms with Crippen molar-refractivity contribution < 1.29 is 14.3 Å². The Kier molecular flexibility index (Phi) is 4.94. The third-order valence-electron chi connectivity index (χ3n) is 0.661. The van der Waals surface area contributed by atoms with Gasteiger partial charge in [-0.25, -0.2) is 4.79 Å². The van der Waals surface area contributed by atoms with Crippen LogP contribution in [0, 0.1) is 0 Å². The molecule has 0 unspecified atom stereocenters. The van der Waals surface area contributed by atoms with Crippen LogP contribution in [-0.2, 0) is 4.79 Å². The lowest BCUT2D eigenvalue weighted by Crippen LogP contribution is -1.82. The molecule has 60 valence electrons. The molecule has 11 heavy (non-hydrogen) atoms. The second-order valence-electron chi connectivity index (χ2n) is 1.48. The van der Waals surface area contributed by atoms with Crippen LogP contribution in [0.25, 0.3) is 0 Å². The molecule has 0 radical (unpaired) electrons. The minimum Gasteiger partial charge on any atom is -0.478 e. The lowest BCUT2D eigenvalue weighted by Gasteiger charge is -1.64. The molecule has 1 aromatic rings. The fourth-order valence-corrected chi connectivity index (χ4v) is 0.351. The lowest BCUT2D eigenvalue weighted by atomic mass is 10.7. The van der Waals surface area contributed by atoms with Gasteiger partial charge >= 0.3 is 5.97 Å². The van der Waals surface area contributed by atoms with Crippen molar-refractivity contribution in [1.29, 1.82) is 0 Å². The summed E-state index contributed by atoms with van der Waals surface area (Å²) in [6, 6.07) is 1.68. The van der Waals surface area contributed by atoms with E-state index < -0.39 is 5.97 Å². The number of carboxylic acids is 1. The maximum absolute atomic E-state index is 9.25. The number of carboxylic acid groups (broad SMARTS) is 1. The summed E-state index contributed by atoms with van der Waals surface area (Å²) in [5.41, 5.74) is 0. The molecule has 1 N–H and O–H groups in total. The zero-order valence-corrected chi connectivity index (χ0v) is 6.41. The van der Waals surface area contributed by atoms with E-state index in [1.54, 1.807) is 6.07 Å². The SMILES string of the molecule is C=CC(=O)O.Clc1ccoc1. The highest BCUT2D eigenvalue weighted by molar-refractivity contribution is 6.30. The zero-order valence-electron chi connectivity index (χ0n) is 5.66. The summed E-state index contributed by atoms with van der Waals surface area (Å²) in [5, 5.41) is 8.25. The summed E-state index contributed by atoms with van der Waals surface area (Å²) in [6.07, 6.45) is 3.84. The largest absolute Gasteiger partial charge is 0.478 e. The van der Waals surface area contributed by atoms with Gasteiger partial charge in [-0.2, -0.15) is 0 Å². The van der Waals surface area contributed by atoms with E-state index in [0.29, 0.717) is 5.02 Å². The van der Waals surface area contributed by atoms with Gasteiger partial charge in [-0.3, -0.25) is 0 Å². The Labute approximate surface area is 68.9 Å². The van der Waals surface area contributed by atoms with E-state index in [1.807, 2.05) is 0 Å². The number of furan rings is 1. The van der Waals surface area contributed by atoms with Gasteiger partial charge in [0.15, 0.2) is 0 Å². The number of carbonyl (C=O) groups is 1. The molecule has 0 bridgehead atoms. The quantitative estimate of drug-likeness (QED) is 0.664. The fourth-order valence-electron chi connectivity index (χ4n) is 0.248. The molecule has 0 atom stereocenters. The van der Waals surface area contributed by atoms with Gasteiger partial charge in [-0.15, -0.1) is 0 Å². The minimum absolute atomic E-state index is 0.648. The average molecular weight is 175 g/mol. The number of rotatable bonds is 1. The Morgan fingerprint density at radius 2 is 2.36 bits per heavy atom. The molecule has 1 rings (SSSR count). The first-order valence-corrected chi connectivity index (χ1v) is 3.07. The molecule has 0 saturated carbocycles. The average Bonchev–Trinajstić information content (AvgIpc) is 2.41. The van der Waals surface area contributed by atoms with Crippen molar-refractivity contribution in [1.82, 2.24) is 0 Å². The Balaban J connectivity index is 0.000000187. The Morgan fingerprint density at radius 1 is 1.82 bits per heavy atom. The van der Waals surface area contributed by atoms with Crippen LogP contribution >= 0.6 is 11.6 Å². The van der Waals surface area contributed by atoms with Crippen molar-refractivity contribution in [2.75, 3.05) is 0 Å². The maximum Gasteiger partial charge on any atom is 0.327 e. The third-order valence-corrected chi connectivity index (χ3v) is 0.876. The molecule has 4 heteroatoms. The van der Waals surface area contributed by atoms with E-state index in [2.05, 4.69) is 11.0 Å². The monoisotopic (exact) mass is 174 g/mol. The zero-order chi connectivity index (χ0) is 8.69. The van der Waals surface area contributed by atoms with Crippen molar-refractivity contribution in [3.8, 4) is 0 Å². The summed E-state index contributed by atoms with van der Waals surface area (Å²) in [4.78, 5) is 9.25. The van der Waals surface area contributed by atoms with Gasteiger partial charge in [0, 0.05) is 6.08 Å². The highest BCUT2D eigenvalue weighted by Gasteiger charge is 1.79. The number of aliphatic carboxylic acids is 1. The van der Waals surface area contributed by atoms with Gasteiger partial charge < -0.3 is 9.52 Å². The van der Waals surface area contributed by atoms with Crippen LogP contribution in [0.3, 0.4) is 0 Å². The Morgan fingerprint density at radius 3 is 2.45 bits per heavy atom. The van der Waals surface area contributed by atoms with Gasteiger partial charge in [0.2, 0.25) is 0 Å². The number of halogens is 1. The van der Waals surface area contributed by atoms with Crippen molar-refractivity contribution in [2.24, 2.45) is 0 Å². The Hall–Kier alpha value is -1.22. The van der Waals surface area contributed by atoms with Crippen LogP contribution in [-0.4, -0.2) is 11.1 Å². The van der Waals surface area contributed by atoms with Gasteiger partial charge in [0.25, 0.3) is 0 Å². The van der Waals surface area contributed by atoms with Crippen molar-refractivity contribution in [3.05, 3.63) is 36.3 Å². The fraction of sp³-hybridized carbons (Fsp3) is 0. The standard InChI is InChI=1S/C4H3ClO.C3H4O2/c5-4-1-2-6-3-4;1-2-3(4)5/h1-3H;2H,1H2,(H,4,5). The summed E-state index contributed by atoms with van der Waals surface area (Å²) >= 11 is 5.36. The molecule has 3 nitrogen and oxygen atoms in total. The molecule has 0 spiro atoms. The highest BCUT2D eigenvalue weighted by Crippen LogP contribution is 2.04. The van der Waals surface area contributed by atoms with E-state index in [1.165, 1.54) is 12.5 Å². The molecular formula is C7H7ClO3. The molecule has 0 aliphatic heterocycles. The van der Waals surface area contributed by atoms with Crippen molar-refractivity contribution in [2.45, 2.75) is 0 Å². The molecule has 1 heterocycles. The van der Waals surface area contributed by atoms with Gasteiger partial charge in [0.05, 0.1) is 11.3 Å². The molecule has 0 aromatic carbocycles. The van der Waals surface area contributed by atoms with Gasteiger partial charge in [0.1, 0.15) is 6.26 Å². The second-order valence-corrected chi connectivity index (χ2v) is 1.92. The van der Waals surface area contributed by atoms with Crippen LogP contribution in [0.1, 0.15) is 0 Å². The second kappa shape index (κ2) is 5.56. The smallest absolute Gasteiger partial charge is 0.327 e. The molecule has 0 fully saturated rings. The van der Waals surface area contributed by atoms with Crippen molar-refractivity contribution >= 4 is 17.6 Å². The first-order valence-electron chi connectivity index (χ1n) is 2.70. The number of hydrogen-bond donors (Lipinski definition) is 1. The highest BCUT2D eigenvalue weighted by atomic mass is 35.5. The number of hydrogen-bond acceptors (Lipinski definition) is 2. The van der Waals surface area contributed by atoms with E-state index in [-0.39, 0.29) is 0 Å². The summed E-state index contributed by atoms with van der Waals surface area (Å²) in [7, 11) is 0. The van der Waals surface area contributed by atoms with Crippen LogP contribution in [0.5, 0.6) is 0 Å². The molecular weight excluding hydrogens is 168 g/mol. The predicted octanol–water partition coefficient (Wildman–Crippen LogP) is 2.19. The van der Waals surface area contributed by atoms with Crippen LogP contribution in [0.15, 0.2) is 35.7 Å². The van der Waals surface area contributed by atoms with E-state index >= 15 is 0 Å². The molecule has 0 amide bonds. The first kappa shape index (κ1) is 9.78. The van der Waals surface area contributed by atoms with Crippen LogP contribution < -0.4 is 0 Å².